The predicted octanol–water partition coefficient (Wildman–Crippen LogP) is 1.19. The summed E-state index contributed by atoms with van der Waals surface area (Å²) < 4.78 is 6.86. The van der Waals surface area contributed by atoms with Gasteiger partial charge in [0.15, 0.2) is 0 Å². The quantitative estimate of drug-likeness (QED) is 0.756. The predicted molar refractivity (Wildman–Crippen MR) is 70.0 cm³/mol. The van der Waals surface area contributed by atoms with Gasteiger partial charge in [0.25, 0.3) is 5.95 Å². The van der Waals surface area contributed by atoms with Crippen LogP contribution in [0.4, 0.5) is 5.95 Å². The largest absolute Gasteiger partial charge is 0.464 e. The van der Waals surface area contributed by atoms with E-state index in [-0.39, 0.29) is 12.0 Å². The highest BCUT2D eigenvalue weighted by atomic mass is 16.5. The molecule has 0 unspecified atom stereocenters. The van der Waals surface area contributed by atoms with Crippen LogP contribution in [-0.2, 0) is 0 Å². The van der Waals surface area contributed by atoms with Crippen LogP contribution >= 0.6 is 0 Å². The molecule has 96 valence electrons. The SMILES string of the molecule is CCOc1nc(N)nc(-n2ncc3ccccc32)n1. The highest BCUT2D eigenvalue weighted by molar-refractivity contribution is 5.79. The molecule has 0 saturated carbocycles. The highest BCUT2D eigenvalue weighted by Crippen LogP contribution is 2.17. The van der Waals surface area contributed by atoms with Crippen LogP contribution in [-0.4, -0.2) is 31.3 Å². The molecule has 0 saturated heterocycles. The second kappa shape index (κ2) is 4.52. The summed E-state index contributed by atoms with van der Waals surface area (Å²) in [5.74, 6) is 0.449. The first-order valence-corrected chi connectivity index (χ1v) is 5.85. The van der Waals surface area contributed by atoms with Crippen LogP contribution in [0.2, 0.25) is 0 Å². The number of hydrogen-bond donors (Lipinski definition) is 1. The number of hydrogen-bond acceptors (Lipinski definition) is 6. The summed E-state index contributed by atoms with van der Waals surface area (Å²) in [6.45, 7) is 2.31. The first-order valence-electron chi connectivity index (χ1n) is 5.85. The lowest BCUT2D eigenvalue weighted by molar-refractivity contribution is 0.311. The van der Waals surface area contributed by atoms with Crippen molar-refractivity contribution in [2.45, 2.75) is 6.92 Å². The Morgan fingerprint density at radius 1 is 1.21 bits per heavy atom. The third-order valence-electron chi connectivity index (χ3n) is 2.56. The summed E-state index contributed by atoms with van der Waals surface area (Å²) in [6, 6.07) is 7.97. The second-order valence-electron chi connectivity index (χ2n) is 3.82. The van der Waals surface area contributed by atoms with E-state index < -0.39 is 0 Å². The number of aromatic nitrogens is 5. The topological polar surface area (TPSA) is 91.7 Å². The fourth-order valence-electron chi connectivity index (χ4n) is 1.78. The first-order chi connectivity index (χ1) is 9.28. The first kappa shape index (κ1) is 11.4. The Kier molecular flexibility index (Phi) is 2.71. The summed E-state index contributed by atoms with van der Waals surface area (Å²) >= 11 is 0. The molecule has 2 heterocycles. The molecule has 0 aliphatic heterocycles. The number of nitrogens with two attached hydrogens (primary N) is 1. The maximum Gasteiger partial charge on any atom is 0.323 e. The van der Waals surface area contributed by atoms with Crippen molar-refractivity contribution in [3.63, 3.8) is 0 Å². The van der Waals surface area contributed by atoms with E-state index in [0.29, 0.717) is 12.6 Å². The minimum Gasteiger partial charge on any atom is -0.464 e. The van der Waals surface area contributed by atoms with Gasteiger partial charge in [0.2, 0.25) is 5.95 Å². The molecule has 3 aromatic rings. The molecule has 0 aliphatic rings. The van der Waals surface area contributed by atoms with E-state index in [1.165, 1.54) is 0 Å². The molecule has 7 nitrogen and oxygen atoms in total. The van der Waals surface area contributed by atoms with E-state index in [2.05, 4.69) is 20.1 Å². The maximum absolute atomic E-state index is 5.66. The van der Waals surface area contributed by atoms with Crippen molar-refractivity contribution in [3.8, 4) is 12.0 Å². The summed E-state index contributed by atoms with van der Waals surface area (Å²) in [4.78, 5) is 12.2. The van der Waals surface area contributed by atoms with Crippen molar-refractivity contribution in [1.82, 2.24) is 24.7 Å². The van der Waals surface area contributed by atoms with Crippen LogP contribution in [0.3, 0.4) is 0 Å². The third-order valence-corrected chi connectivity index (χ3v) is 2.56. The number of para-hydroxylation sites is 1. The molecule has 19 heavy (non-hydrogen) atoms. The Bertz CT molecular complexity index is 723. The molecule has 0 bridgehead atoms. The summed E-state index contributed by atoms with van der Waals surface area (Å²) in [7, 11) is 0. The molecule has 2 N–H and O–H groups in total. The standard InChI is InChI=1S/C12H12N6O/c1-2-19-12-16-10(13)15-11(17-12)18-9-6-4-3-5-8(9)7-14-18/h3-7H,2H2,1H3,(H2,13,15,16,17). The zero-order valence-electron chi connectivity index (χ0n) is 10.3. The normalized spacial score (nSPS) is 10.8. The summed E-state index contributed by atoms with van der Waals surface area (Å²) in [5, 5.41) is 5.26. The molecule has 7 heteroatoms. The molecule has 0 amide bonds. The van der Waals surface area contributed by atoms with Gasteiger partial charge in [-0.2, -0.15) is 24.7 Å². The number of fused-ring (bicyclic) bond motifs is 1. The van der Waals surface area contributed by atoms with Gasteiger partial charge in [-0.05, 0) is 13.0 Å². The maximum atomic E-state index is 5.66. The van der Waals surface area contributed by atoms with Crippen molar-refractivity contribution in [2.75, 3.05) is 12.3 Å². The molecule has 3 rings (SSSR count). The third kappa shape index (κ3) is 2.05. The molecule has 0 fully saturated rings. The summed E-state index contributed by atoms with van der Waals surface area (Å²) in [6.07, 6.45) is 1.75. The minimum atomic E-state index is 0.105. The van der Waals surface area contributed by atoms with Gasteiger partial charge in [-0.25, -0.2) is 0 Å². The van der Waals surface area contributed by atoms with Crippen molar-refractivity contribution in [2.24, 2.45) is 0 Å². The number of nitrogens with zero attached hydrogens (tertiary/aromatic N) is 5. The highest BCUT2D eigenvalue weighted by Gasteiger charge is 2.10. The van der Waals surface area contributed by atoms with Crippen molar-refractivity contribution < 1.29 is 4.74 Å². The monoisotopic (exact) mass is 256 g/mol. The van der Waals surface area contributed by atoms with Gasteiger partial charge in [0, 0.05) is 5.39 Å². The van der Waals surface area contributed by atoms with E-state index in [1.807, 2.05) is 31.2 Å². The average Bonchev–Trinajstić information content (AvgIpc) is 2.82. The van der Waals surface area contributed by atoms with Crippen molar-refractivity contribution in [3.05, 3.63) is 30.5 Å². The molecule has 0 spiro atoms. The van der Waals surface area contributed by atoms with Crippen molar-refractivity contribution in [1.29, 1.82) is 0 Å². The number of anilines is 1. The Morgan fingerprint density at radius 2 is 2.05 bits per heavy atom. The van der Waals surface area contributed by atoms with Crippen LogP contribution in [0, 0.1) is 0 Å². The molecule has 2 aromatic heterocycles. The fourth-order valence-corrected chi connectivity index (χ4v) is 1.78. The van der Waals surface area contributed by atoms with Crippen LogP contribution < -0.4 is 10.5 Å². The van der Waals surface area contributed by atoms with E-state index in [0.717, 1.165) is 10.9 Å². The van der Waals surface area contributed by atoms with Crippen LogP contribution in [0.15, 0.2) is 30.5 Å². The zero-order chi connectivity index (χ0) is 13.2. The molecule has 0 radical (unpaired) electrons. The average molecular weight is 256 g/mol. The van der Waals surface area contributed by atoms with Gasteiger partial charge in [-0.1, -0.05) is 18.2 Å². The van der Waals surface area contributed by atoms with Gasteiger partial charge in [0.05, 0.1) is 18.3 Å². The number of benzene rings is 1. The van der Waals surface area contributed by atoms with E-state index in [1.54, 1.807) is 10.9 Å². The van der Waals surface area contributed by atoms with Crippen LogP contribution in [0.25, 0.3) is 16.9 Å². The van der Waals surface area contributed by atoms with E-state index >= 15 is 0 Å². The zero-order valence-corrected chi connectivity index (χ0v) is 10.3. The Morgan fingerprint density at radius 3 is 2.89 bits per heavy atom. The Balaban J connectivity index is 2.15. The molecular weight excluding hydrogens is 244 g/mol. The minimum absolute atomic E-state index is 0.105. The van der Waals surface area contributed by atoms with Gasteiger partial charge < -0.3 is 10.5 Å². The lowest BCUT2D eigenvalue weighted by atomic mass is 10.3. The van der Waals surface area contributed by atoms with E-state index in [4.69, 9.17) is 10.5 Å². The lowest BCUT2D eigenvalue weighted by Crippen LogP contribution is -2.09. The number of rotatable bonds is 3. The number of nitrogen functional groups attached to an aromatic ring is 1. The van der Waals surface area contributed by atoms with Gasteiger partial charge in [-0.3, -0.25) is 0 Å². The Hall–Kier alpha value is -2.70. The molecule has 0 atom stereocenters. The molecule has 1 aromatic carbocycles. The van der Waals surface area contributed by atoms with Gasteiger partial charge in [-0.15, -0.1) is 0 Å². The molecular formula is C12H12N6O. The lowest BCUT2D eigenvalue weighted by Gasteiger charge is -2.05. The van der Waals surface area contributed by atoms with Crippen LogP contribution in [0.5, 0.6) is 6.01 Å². The van der Waals surface area contributed by atoms with E-state index in [9.17, 15) is 0 Å². The van der Waals surface area contributed by atoms with Crippen molar-refractivity contribution >= 4 is 16.9 Å². The fraction of sp³-hybridized carbons (Fsp3) is 0.167. The summed E-state index contributed by atoms with van der Waals surface area (Å²) in [5.41, 5.74) is 6.56. The van der Waals surface area contributed by atoms with Gasteiger partial charge >= 0.3 is 6.01 Å². The smallest absolute Gasteiger partial charge is 0.323 e. The second-order valence-corrected chi connectivity index (χ2v) is 3.82. The van der Waals surface area contributed by atoms with Crippen LogP contribution in [0.1, 0.15) is 6.92 Å². The van der Waals surface area contributed by atoms with Gasteiger partial charge in [0.1, 0.15) is 0 Å². The molecule has 0 aliphatic carbocycles. The Labute approximate surface area is 109 Å². The number of ether oxygens (including phenoxy) is 1.